The molecule has 126 valence electrons. The molecule has 4 nitrogen and oxygen atoms in total. The van der Waals surface area contributed by atoms with E-state index in [1.807, 2.05) is 54.3 Å². The molecule has 1 heterocycles. The van der Waals surface area contributed by atoms with Gasteiger partial charge in [0.05, 0.1) is 5.69 Å². The van der Waals surface area contributed by atoms with Gasteiger partial charge in [-0.25, -0.2) is 0 Å². The molecule has 0 bridgehead atoms. The summed E-state index contributed by atoms with van der Waals surface area (Å²) in [4.78, 5) is 16.5. The molecule has 5 heteroatoms. The maximum absolute atomic E-state index is 12.3. The van der Waals surface area contributed by atoms with Crippen LogP contribution in [0.25, 0.3) is 0 Å². The molecule has 0 atom stereocenters. The smallest absolute Gasteiger partial charge is 0.260 e. The van der Waals surface area contributed by atoms with E-state index in [2.05, 4.69) is 26.9 Å². The number of hydrogen-bond acceptors (Lipinski definition) is 3. The fraction of sp³-hybridized carbons (Fsp3) is 0.316. The first kappa shape index (κ1) is 16.8. The molecule has 1 fully saturated rings. The highest BCUT2D eigenvalue weighted by Crippen LogP contribution is 2.26. The van der Waals surface area contributed by atoms with Crippen molar-refractivity contribution < 1.29 is 9.53 Å². The third-order valence-corrected chi connectivity index (χ3v) is 4.88. The molecule has 0 unspecified atom stereocenters. The first-order valence-electron chi connectivity index (χ1n) is 8.10. The fourth-order valence-electron chi connectivity index (χ4n) is 2.78. The monoisotopic (exact) mass is 388 g/mol. The lowest BCUT2D eigenvalue weighted by molar-refractivity contribution is -0.133. The van der Waals surface area contributed by atoms with Crippen molar-refractivity contribution in [1.29, 1.82) is 0 Å². The summed E-state index contributed by atoms with van der Waals surface area (Å²) in [7, 11) is 0. The van der Waals surface area contributed by atoms with Gasteiger partial charge in [-0.2, -0.15) is 0 Å². The molecular weight excluding hydrogens is 368 g/mol. The number of hydrogen-bond donors (Lipinski definition) is 0. The maximum atomic E-state index is 12.3. The van der Waals surface area contributed by atoms with E-state index in [1.165, 1.54) is 11.3 Å². The SMILES string of the molecule is Cc1ccc(OCC(=O)N2CCN(c3ccccc3Br)CC2)cc1. The number of halogens is 1. The molecular formula is C19H21BrN2O2. The Hall–Kier alpha value is -2.01. The van der Waals surface area contributed by atoms with E-state index in [-0.39, 0.29) is 12.5 Å². The molecule has 0 aliphatic carbocycles. The van der Waals surface area contributed by atoms with Crippen molar-refractivity contribution in [2.75, 3.05) is 37.7 Å². The maximum Gasteiger partial charge on any atom is 0.260 e. The molecule has 0 saturated carbocycles. The van der Waals surface area contributed by atoms with Crippen LogP contribution in [-0.4, -0.2) is 43.6 Å². The van der Waals surface area contributed by atoms with E-state index < -0.39 is 0 Å². The molecule has 1 aliphatic rings. The van der Waals surface area contributed by atoms with Crippen LogP contribution in [0.3, 0.4) is 0 Å². The minimum absolute atomic E-state index is 0.0438. The lowest BCUT2D eigenvalue weighted by atomic mass is 10.2. The van der Waals surface area contributed by atoms with Gasteiger partial charge < -0.3 is 14.5 Å². The predicted molar refractivity (Wildman–Crippen MR) is 99.6 cm³/mol. The number of rotatable bonds is 4. The summed E-state index contributed by atoms with van der Waals surface area (Å²) in [6, 6.07) is 15.9. The van der Waals surface area contributed by atoms with Crippen molar-refractivity contribution in [3.05, 3.63) is 58.6 Å². The summed E-state index contributed by atoms with van der Waals surface area (Å²) in [6.45, 7) is 5.23. The van der Waals surface area contributed by atoms with Crippen LogP contribution in [0.15, 0.2) is 53.0 Å². The first-order chi connectivity index (χ1) is 11.6. The van der Waals surface area contributed by atoms with Crippen molar-refractivity contribution in [2.24, 2.45) is 0 Å². The summed E-state index contributed by atoms with van der Waals surface area (Å²) in [5.41, 5.74) is 2.36. The van der Waals surface area contributed by atoms with Gasteiger partial charge in [0.15, 0.2) is 6.61 Å². The van der Waals surface area contributed by atoms with Crippen LogP contribution in [0.4, 0.5) is 5.69 Å². The minimum atomic E-state index is 0.0438. The number of aryl methyl sites for hydroxylation is 1. The molecule has 24 heavy (non-hydrogen) atoms. The van der Waals surface area contributed by atoms with E-state index in [4.69, 9.17) is 4.74 Å². The second kappa shape index (κ2) is 7.71. The van der Waals surface area contributed by atoms with Crippen molar-refractivity contribution in [3.63, 3.8) is 0 Å². The van der Waals surface area contributed by atoms with Gasteiger partial charge in [-0.3, -0.25) is 4.79 Å². The normalized spacial score (nSPS) is 14.6. The molecule has 3 rings (SSSR count). The Balaban J connectivity index is 1.50. The van der Waals surface area contributed by atoms with Gasteiger partial charge in [0.25, 0.3) is 5.91 Å². The van der Waals surface area contributed by atoms with E-state index in [0.717, 1.165) is 36.4 Å². The average Bonchev–Trinajstić information content (AvgIpc) is 2.61. The van der Waals surface area contributed by atoms with Gasteiger partial charge in [0.1, 0.15) is 5.75 Å². The van der Waals surface area contributed by atoms with Crippen molar-refractivity contribution >= 4 is 27.5 Å². The minimum Gasteiger partial charge on any atom is -0.484 e. The Morgan fingerprint density at radius 3 is 2.38 bits per heavy atom. The molecule has 1 aliphatic heterocycles. The molecule has 0 spiro atoms. The third-order valence-electron chi connectivity index (χ3n) is 4.21. The summed E-state index contributed by atoms with van der Waals surface area (Å²) >= 11 is 3.59. The van der Waals surface area contributed by atoms with E-state index in [9.17, 15) is 4.79 Å². The van der Waals surface area contributed by atoms with E-state index in [0.29, 0.717) is 0 Å². The molecule has 1 saturated heterocycles. The number of piperazine rings is 1. The number of anilines is 1. The molecule has 0 N–H and O–H groups in total. The number of amides is 1. The van der Waals surface area contributed by atoms with Crippen molar-refractivity contribution in [3.8, 4) is 5.75 Å². The zero-order valence-electron chi connectivity index (χ0n) is 13.7. The van der Waals surface area contributed by atoms with Gasteiger partial charge in [0.2, 0.25) is 0 Å². The Kier molecular flexibility index (Phi) is 5.41. The molecule has 0 aromatic heterocycles. The second-order valence-electron chi connectivity index (χ2n) is 5.92. The predicted octanol–water partition coefficient (Wildman–Crippen LogP) is 3.49. The summed E-state index contributed by atoms with van der Waals surface area (Å²) in [5.74, 6) is 0.781. The van der Waals surface area contributed by atoms with Crippen LogP contribution in [0.1, 0.15) is 5.56 Å². The molecule has 2 aromatic rings. The van der Waals surface area contributed by atoms with Crippen LogP contribution >= 0.6 is 15.9 Å². The van der Waals surface area contributed by atoms with Gasteiger partial charge in [-0.05, 0) is 47.1 Å². The number of benzene rings is 2. The Morgan fingerprint density at radius 1 is 1.04 bits per heavy atom. The van der Waals surface area contributed by atoms with Crippen LogP contribution in [0.5, 0.6) is 5.75 Å². The Morgan fingerprint density at radius 2 is 1.71 bits per heavy atom. The highest BCUT2D eigenvalue weighted by molar-refractivity contribution is 9.10. The fourth-order valence-corrected chi connectivity index (χ4v) is 3.31. The van der Waals surface area contributed by atoms with Crippen molar-refractivity contribution in [2.45, 2.75) is 6.92 Å². The number of carbonyl (C=O) groups excluding carboxylic acids is 1. The lowest BCUT2D eigenvalue weighted by Gasteiger charge is -2.36. The third kappa shape index (κ3) is 4.09. The molecule has 2 aromatic carbocycles. The quantitative estimate of drug-likeness (QED) is 0.803. The van der Waals surface area contributed by atoms with Gasteiger partial charge in [-0.15, -0.1) is 0 Å². The highest BCUT2D eigenvalue weighted by atomic mass is 79.9. The molecule has 1 amide bonds. The first-order valence-corrected chi connectivity index (χ1v) is 8.89. The number of para-hydroxylation sites is 1. The highest BCUT2D eigenvalue weighted by Gasteiger charge is 2.22. The average molecular weight is 389 g/mol. The topological polar surface area (TPSA) is 32.8 Å². The van der Waals surface area contributed by atoms with E-state index >= 15 is 0 Å². The lowest BCUT2D eigenvalue weighted by Crippen LogP contribution is -2.50. The molecule has 0 radical (unpaired) electrons. The van der Waals surface area contributed by atoms with Crippen LogP contribution in [-0.2, 0) is 4.79 Å². The second-order valence-corrected chi connectivity index (χ2v) is 6.78. The van der Waals surface area contributed by atoms with E-state index in [1.54, 1.807) is 0 Å². The van der Waals surface area contributed by atoms with Crippen LogP contribution in [0, 0.1) is 6.92 Å². The largest absolute Gasteiger partial charge is 0.484 e. The number of ether oxygens (including phenoxy) is 1. The summed E-state index contributed by atoms with van der Waals surface area (Å²) in [6.07, 6.45) is 0. The zero-order chi connectivity index (χ0) is 16.9. The summed E-state index contributed by atoms with van der Waals surface area (Å²) < 4.78 is 6.68. The van der Waals surface area contributed by atoms with Crippen molar-refractivity contribution in [1.82, 2.24) is 4.90 Å². The van der Waals surface area contributed by atoms with Gasteiger partial charge in [0, 0.05) is 30.7 Å². The standard InChI is InChI=1S/C19H21BrN2O2/c1-15-6-8-16(9-7-15)24-14-19(23)22-12-10-21(11-13-22)18-5-3-2-4-17(18)20/h2-9H,10-14H2,1H3. The van der Waals surface area contributed by atoms with Crippen LogP contribution in [0.2, 0.25) is 0 Å². The van der Waals surface area contributed by atoms with Gasteiger partial charge >= 0.3 is 0 Å². The zero-order valence-corrected chi connectivity index (χ0v) is 15.3. The number of carbonyl (C=O) groups is 1. The number of nitrogens with zero attached hydrogens (tertiary/aromatic N) is 2. The van der Waals surface area contributed by atoms with Gasteiger partial charge in [-0.1, -0.05) is 29.8 Å². The van der Waals surface area contributed by atoms with Crippen LogP contribution < -0.4 is 9.64 Å². The Bertz CT molecular complexity index is 695. The summed E-state index contributed by atoms with van der Waals surface area (Å²) in [5, 5.41) is 0. The Labute approximate surface area is 151 Å².